The first-order chi connectivity index (χ1) is 4.88. The van der Waals surface area contributed by atoms with E-state index in [0.29, 0.717) is 0 Å². The summed E-state index contributed by atoms with van der Waals surface area (Å²) in [5.41, 5.74) is 0. The zero-order chi connectivity index (χ0) is 6.97. The van der Waals surface area contributed by atoms with Gasteiger partial charge in [0, 0.05) is 0 Å². The Hall–Kier alpha value is -0.520. The Morgan fingerprint density at radius 2 is 1.82 bits per heavy atom. The van der Waals surface area contributed by atoms with Gasteiger partial charge < -0.3 is 0 Å². The molecule has 2 aliphatic carbocycles. The summed E-state index contributed by atoms with van der Waals surface area (Å²) in [6.07, 6.45) is 12.0. The van der Waals surface area contributed by atoms with Gasteiger partial charge in [-0.2, -0.15) is 0 Å². The lowest BCUT2D eigenvalue weighted by Crippen LogP contribution is -2.18. The molecule has 60 valence electrons. The highest BCUT2D eigenvalue weighted by atomic mass is 14.3. The van der Waals surface area contributed by atoms with Gasteiger partial charge in [0.05, 0.1) is 0 Å². The van der Waals surface area contributed by atoms with E-state index in [0.717, 1.165) is 17.8 Å². The van der Waals surface area contributed by atoms with Crippen molar-refractivity contribution in [2.24, 2.45) is 17.8 Å². The third kappa shape index (κ3) is 1.40. The molecule has 0 fully saturated rings. The number of allylic oxidation sites excluding steroid dienone is 4. The molecule has 0 saturated carbocycles. The molecule has 2 radical (unpaired) electrons. The van der Waals surface area contributed by atoms with Gasteiger partial charge in [0.25, 0.3) is 0 Å². The first-order valence-corrected chi connectivity index (χ1v) is 4.21. The van der Waals surface area contributed by atoms with E-state index in [4.69, 9.17) is 0 Å². The van der Waals surface area contributed by atoms with E-state index in [2.05, 4.69) is 31.2 Å². The predicted molar refractivity (Wildman–Crippen MR) is 49.0 cm³/mol. The molecule has 0 aliphatic heterocycles. The van der Waals surface area contributed by atoms with Gasteiger partial charge in [0.15, 0.2) is 0 Å². The normalized spacial score (nSPS) is 39.9. The van der Waals surface area contributed by atoms with E-state index in [1.54, 1.807) is 0 Å². The highest BCUT2D eigenvalue weighted by Crippen LogP contribution is 2.37. The van der Waals surface area contributed by atoms with Crippen molar-refractivity contribution in [1.82, 2.24) is 0 Å². The summed E-state index contributed by atoms with van der Waals surface area (Å²) in [5.74, 6) is 2.62. The van der Waals surface area contributed by atoms with Crippen LogP contribution in [-0.2, 0) is 0 Å². The average Bonchev–Trinajstić information content (AvgIpc) is 2.36. The van der Waals surface area contributed by atoms with Crippen LogP contribution < -0.4 is 0 Å². The van der Waals surface area contributed by atoms with Gasteiger partial charge in [-0.05, 0) is 30.6 Å². The summed E-state index contributed by atoms with van der Waals surface area (Å²) in [7, 11) is 0. The average molecular weight is 148 g/mol. The molecule has 2 rings (SSSR count). The van der Waals surface area contributed by atoms with E-state index in [-0.39, 0.29) is 7.43 Å². The first kappa shape index (κ1) is 8.58. The van der Waals surface area contributed by atoms with Crippen LogP contribution >= 0.6 is 0 Å². The van der Waals surface area contributed by atoms with Crippen molar-refractivity contribution in [1.29, 1.82) is 0 Å². The maximum atomic E-state index is 2.39. The highest BCUT2D eigenvalue weighted by molar-refractivity contribution is 5.11. The molecule has 0 saturated heterocycles. The molecule has 0 aromatic heterocycles. The standard InChI is InChI=1S/C10H14.CH2/c1-8-4-2-5-9-6-3-7-10(8)9;/h2-4,6,8-10H,5,7H2,1H3;1H2. The number of hydrogen-bond donors (Lipinski definition) is 0. The maximum absolute atomic E-state index is 2.39. The van der Waals surface area contributed by atoms with Crippen LogP contribution in [0.15, 0.2) is 24.3 Å². The molecule has 0 N–H and O–H groups in total. The van der Waals surface area contributed by atoms with Crippen molar-refractivity contribution in [3.63, 3.8) is 0 Å². The van der Waals surface area contributed by atoms with Gasteiger partial charge in [-0.15, -0.1) is 0 Å². The van der Waals surface area contributed by atoms with E-state index >= 15 is 0 Å². The SMILES string of the molecule is CC1C=CCC2C=CCC12.[CH2]. The van der Waals surface area contributed by atoms with Crippen molar-refractivity contribution in [2.45, 2.75) is 19.8 Å². The minimum Gasteiger partial charge on any atom is -0.0879 e. The Kier molecular flexibility index (Phi) is 2.53. The number of rotatable bonds is 0. The second kappa shape index (κ2) is 3.25. The largest absolute Gasteiger partial charge is 0.0879 e. The number of fused-ring (bicyclic) bond motifs is 1. The fourth-order valence-electron chi connectivity index (χ4n) is 2.18. The van der Waals surface area contributed by atoms with Gasteiger partial charge >= 0.3 is 0 Å². The van der Waals surface area contributed by atoms with Gasteiger partial charge in [0.1, 0.15) is 0 Å². The molecule has 11 heavy (non-hydrogen) atoms. The number of hydrogen-bond acceptors (Lipinski definition) is 0. The molecule has 3 unspecified atom stereocenters. The van der Waals surface area contributed by atoms with Crippen LogP contribution in [0, 0.1) is 25.2 Å². The molecule has 0 amide bonds. The fraction of sp³-hybridized carbons (Fsp3) is 0.545. The Morgan fingerprint density at radius 3 is 2.55 bits per heavy atom. The van der Waals surface area contributed by atoms with Gasteiger partial charge in [-0.25, -0.2) is 0 Å². The summed E-state index contributed by atoms with van der Waals surface area (Å²) in [5, 5.41) is 0. The Balaban J connectivity index is 0.000000605. The summed E-state index contributed by atoms with van der Waals surface area (Å²) in [6, 6.07) is 0. The van der Waals surface area contributed by atoms with Crippen LogP contribution in [-0.4, -0.2) is 0 Å². The first-order valence-electron chi connectivity index (χ1n) is 4.21. The van der Waals surface area contributed by atoms with Crippen molar-refractivity contribution in [2.75, 3.05) is 0 Å². The lowest BCUT2D eigenvalue weighted by Gasteiger charge is -2.26. The van der Waals surface area contributed by atoms with Crippen LogP contribution in [0.3, 0.4) is 0 Å². The lowest BCUT2D eigenvalue weighted by atomic mass is 9.79. The molecular weight excluding hydrogens is 132 g/mol. The summed E-state index contributed by atoms with van der Waals surface area (Å²) < 4.78 is 0. The second-order valence-corrected chi connectivity index (χ2v) is 3.51. The summed E-state index contributed by atoms with van der Waals surface area (Å²) in [6.45, 7) is 2.33. The van der Waals surface area contributed by atoms with Gasteiger partial charge in [-0.1, -0.05) is 38.7 Å². The van der Waals surface area contributed by atoms with Crippen LogP contribution in [0.4, 0.5) is 0 Å². The minimum atomic E-state index is 0. The third-order valence-electron chi connectivity index (χ3n) is 2.86. The topological polar surface area (TPSA) is 0 Å². The molecule has 0 aromatic carbocycles. The third-order valence-corrected chi connectivity index (χ3v) is 2.86. The van der Waals surface area contributed by atoms with E-state index in [9.17, 15) is 0 Å². The lowest BCUT2D eigenvalue weighted by molar-refractivity contribution is 0.330. The van der Waals surface area contributed by atoms with Crippen molar-refractivity contribution >= 4 is 0 Å². The fourth-order valence-corrected chi connectivity index (χ4v) is 2.18. The van der Waals surface area contributed by atoms with Crippen LogP contribution in [0.1, 0.15) is 19.8 Å². The smallest absolute Gasteiger partial charge is 0.0162 e. The molecule has 0 bridgehead atoms. The quantitative estimate of drug-likeness (QED) is 0.463. The Bertz CT molecular complexity index is 176. The summed E-state index contributed by atoms with van der Waals surface area (Å²) >= 11 is 0. The van der Waals surface area contributed by atoms with Crippen LogP contribution in [0.2, 0.25) is 0 Å². The molecule has 0 spiro atoms. The second-order valence-electron chi connectivity index (χ2n) is 3.51. The van der Waals surface area contributed by atoms with Crippen molar-refractivity contribution in [3.05, 3.63) is 31.7 Å². The van der Waals surface area contributed by atoms with E-state index in [1.807, 2.05) is 0 Å². The van der Waals surface area contributed by atoms with Crippen LogP contribution in [0.5, 0.6) is 0 Å². The van der Waals surface area contributed by atoms with Gasteiger partial charge in [-0.3, -0.25) is 0 Å². The van der Waals surface area contributed by atoms with Crippen LogP contribution in [0.25, 0.3) is 0 Å². The predicted octanol–water partition coefficient (Wildman–Crippen LogP) is 3.10. The van der Waals surface area contributed by atoms with Gasteiger partial charge in [0.2, 0.25) is 0 Å². The monoisotopic (exact) mass is 148 g/mol. The Labute approximate surface area is 70.0 Å². The van der Waals surface area contributed by atoms with E-state index < -0.39 is 0 Å². The van der Waals surface area contributed by atoms with Crippen molar-refractivity contribution < 1.29 is 0 Å². The zero-order valence-corrected chi connectivity index (χ0v) is 7.16. The molecule has 0 aromatic rings. The molecule has 0 heteroatoms. The molecule has 0 heterocycles. The molecule has 2 aliphatic rings. The molecule has 3 atom stereocenters. The van der Waals surface area contributed by atoms with Crippen molar-refractivity contribution in [3.8, 4) is 0 Å². The summed E-state index contributed by atoms with van der Waals surface area (Å²) in [4.78, 5) is 0. The Morgan fingerprint density at radius 1 is 1.09 bits per heavy atom. The molecule has 0 nitrogen and oxygen atoms in total. The zero-order valence-electron chi connectivity index (χ0n) is 7.16. The minimum absolute atomic E-state index is 0. The van der Waals surface area contributed by atoms with E-state index in [1.165, 1.54) is 12.8 Å². The highest BCUT2D eigenvalue weighted by Gasteiger charge is 2.27. The maximum Gasteiger partial charge on any atom is -0.0162 e. The molecular formula is C11H16.